The molecular weight excluding hydrogens is 192 g/mol. The molecule has 0 spiro atoms. The zero-order valence-corrected chi connectivity index (χ0v) is 8.51. The molecule has 76 valence electrons. The summed E-state index contributed by atoms with van der Waals surface area (Å²) in [6, 6.07) is 1.66. The lowest BCUT2D eigenvalue weighted by atomic mass is 10.2. The van der Waals surface area contributed by atoms with E-state index in [1.165, 1.54) is 10.9 Å². The number of rotatable bonds is 2. The molecule has 0 aliphatic heterocycles. The van der Waals surface area contributed by atoms with E-state index in [0.717, 1.165) is 5.69 Å². The van der Waals surface area contributed by atoms with E-state index in [0.29, 0.717) is 11.4 Å². The minimum atomic E-state index is -0.164. The van der Waals surface area contributed by atoms with Crippen LogP contribution in [0.25, 0.3) is 0 Å². The van der Waals surface area contributed by atoms with Gasteiger partial charge in [-0.3, -0.25) is 14.5 Å². The lowest BCUT2D eigenvalue weighted by Crippen LogP contribution is -2.10. The van der Waals surface area contributed by atoms with Crippen LogP contribution in [0.1, 0.15) is 21.9 Å². The van der Waals surface area contributed by atoms with Crippen LogP contribution in [0.4, 0.5) is 0 Å². The molecule has 2 heterocycles. The van der Waals surface area contributed by atoms with Gasteiger partial charge >= 0.3 is 0 Å². The fraction of sp³-hybridized carbons (Fsp3) is 0.200. The fourth-order valence-corrected chi connectivity index (χ4v) is 1.24. The topological polar surface area (TPSA) is 60.7 Å². The predicted octanol–water partition coefficient (Wildman–Crippen LogP) is 0.750. The van der Waals surface area contributed by atoms with Gasteiger partial charge in [-0.2, -0.15) is 5.10 Å². The third-order valence-corrected chi connectivity index (χ3v) is 2.07. The van der Waals surface area contributed by atoms with Crippen LogP contribution in [0.15, 0.2) is 24.7 Å². The van der Waals surface area contributed by atoms with E-state index in [-0.39, 0.29) is 5.78 Å². The molecule has 0 aliphatic rings. The number of nitrogens with zero attached hydrogens (tertiary/aromatic N) is 4. The van der Waals surface area contributed by atoms with E-state index in [9.17, 15) is 4.79 Å². The molecule has 5 heteroatoms. The second kappa shape index (κ2) is 3.61. The van der Waals surface area contributed by atoms with Crippen molar-refractivity contribution in [1.82, 2.24) is 19.7 Å². The van der Waals surface area contributed by atoms with Crippen molar-refractivity contribution < 1.29 is 4.79 Å². The summed E-state index contributed by atoms with van der Waals surface area (Å²) in [5.41, 5.74) is 1.63. The lowest BCUT2D eigenvalue weighted by molar-refractivity contribution is 0.102. The lowest BCUT2D eigenvalue weighted by Gasteiger charge is -2.00. The van der Waals surface area contributed by atoms with Gasteiger partial charge in [0.25, 0.3) is 0 Å². The molecule has 0 N–H and O–H groups in total. The summed E-state index contributed by atoms with van der Waals surface area (Å²) in [5.74, 6) is -0.164. The van der Waals surface area contributed by atoms with Crippen LogP contribution in [-0.4, -0.2) is 25.5 Å². The molecule has 2 aromatic rings. The van der Waals surface area contributed by atoms with Crippen LogP contribution < -0.4 is 0 Å². The SMILES string of the molecule is Cc1cnc(C(=O)c2ccnn2C)cn1. The molecule has 0 atom stereocenters. The van der Waals surface area contributed by atoms with Crippen molar-refractivity contribution in [2.24, 2.45) is 7.05 Å². The second-order valence-corrected chi connectivity index (χ2v) is 3.21. The standard InChI is InChI=1S/C10H10N4O/c1-7-5-12-8(6-11-7)10(15)9-3-4-13-14(9)2/h3-6H,1-2H3. The van der Waals surface area contributed by atoms with Crippen molar-refractivity contribution in [2.45, 2.75) is 6.92 Å². The van der Waals surface area contributed by atoms with Crippen molar-refractivity contribution in [3.8, 4) is 0 Å². The van der Waals surface area contributed by atoms with Crippen LogP contribution in [0, 0.1) is 6.92 Å². The van der Waals surface area contributed by atoms with E-state index < -0.39 is 0 Å². The third kappa shape index (κ3) is 1.76. The van der Waals surface area contributed by atoms with E-state index in [1.807, 2.05) is 6.92 Å². The fourth-order valence-electron chi connectivity index (χ4n) is 1.24. The molecule has 15 heavy (non-hydrogen) atoms. The van der Waals surface area contributed by atoms with Gasteiger partial charge in [-0.1, -0.05) is 0 Å². The summed E-state index contributed by atoms with van der Waals surface area (Å²) >= 11 is 0. The molecular formula is C10H10N4O. The van der Waals surface area contributed by atoms with Gasteiger partial charge < -0.3 is 0 Å². The minimum Gasteiger partial charge on any atom is -0.285 e. The van der Waals surface area contributed by atoms with Crippen LogP contribution in [0.3, 0.4) is 0 Å². The van der Waals surface area contributed by atoms with Gasteiger partial charge in [-0.25, -0.2) is 4.98 Å². The van der Waals surface area contributed by atoms with Crippen molar-refractivity contribution in [3.05, 3.63) is 41.7 Å². The molecule has 5 nitrogen and oxygen atoms in total. The first-order valence-corrected chi connectivity index (χ1v) is 4.50. The normalized spacial score (nSPS) is 10.3. The molecule has 0 radical (unpaired) electrons. The van der Waals surface area contributed by atoms with Crippen molar-refractivity contribution >= 4 is 5.78 Å². The van der Waals surface area contributed by atoms with Crippen LogP contribution >= 0.6 is 0 Å². The average Bonchev–Trinajstić information content (AvgIpc) is 2.65. The maximum absolute atomic E-state index is 11.9. The molecule has 0 bridgehead atoms. The number of aryl methyl sites for hydroxylation is 2. The first-order chi connectivity index (χ1) is 7.18. The quantitative estimate of drug-likeness (QED) is 0.674. The van der Waals surface area contributed by atoms with Crippen molar-refractivity contribution in [3.63, 3.8) is 0 Å². The Kier molecular flexibility index (Phi) is 2.29. The van der Waals surface area contributed by atoms with E-state index >= 15 is 0 Å². The summed E-state index contributed by atoms with van der Waals surface area (Å²) in [6.07, 6.45) is 4.63. The van der Waals surface area contributed by atoms with Crippen LogP contribution in [-0.2, 0) is 7.05 Å². The molecule has 2 rings (SSSR count). The summed E-state index contributed by atoms with van der Waals surface area (Å²) in [5, 5.41) is 3.93. The van der Waals surface area contributed by atoms with Crippen LogP contribution in [0.5, 0.6) is 0 Å². The number of hydrogen-bond acceptors (Lipinski definition) is 4. The Hall–Kier alpha value is -2.04. The summed E-state index contributed by atoms with van der Waals surface area (Å²) < 4.78 is 1.52. The largest absolute Gasteiger partial charge is 0.285 e. The second-order valence-electron chi connectivity index (χ2n) is 3.21. The Morgan fingerprint density at radius 2 is 2.13 bits per heavy atom. The van der Waals surface area contributed by atoms with Crippen molar-refractivity contribution in [1.29, 1.82) is 0 Å². The van der Waals surface area contributed by atoms with E-state index in [1.54, 1.807) is 25.5 Å². The first-order valence-electron chi connectivity index (χ1n) is 4.50. The molecule has 0 saturated heterocycles. The Morgan fingerprint density at radius 1 is 1.33 bits per heavy atom. The highest BCUT2D eigenvalue weighted by Gasteiger charge is 2.13. The van der Waals surface area contributed by atoms with Gasteiger partial charge in [0.2, 0.25) is 5.78 Å². The molecule has 0 aromatic carbocycles. The number of carbonyl (C=O) groups is 1. The van der Waals surface area contributed by atoms with E-state index in [4.69, 9.17) is 0 Å². The zero-order chi connectivity index (χ0) is 10.8. The molecule has 0 saturated carbocycles. The van der Waals surface area contributed by atoms with Gasteiger partial charge in [0.1, 0.15) is 11.4 Å². The number of carbonyl (C=O) groups excluding carboxylic acids is 1. The summed E-state index contributed by atoms with van der Waals surface area (Å²) in [6.45, 7) is 1.82. The van der Waals surface area contributed by atoms with Gasteiger partial charge in [-0.05, 0) is 13.0 Å². The summed E-state index contributed by atoms with van der Waals surface area (Å²) in [7, 11) is 1.72. The molecule has 2 aromatic heterocycles. The molecule has 0 aliphatic carbocycles. The Bertz CT molecular complexity index is 486. The first kappa shape index (κ1) is 9.51. The molecule has 0 amide bonds. The predicted molar refractivity (Wildman–Crippen MR) is 53.4 cm³/mol. The maximum Gasteiger partial charge on any atom is 0.230 e. The highest BCUT2D eigenvalue weighted by atomic mass is 16.1. The minimum absolute atomic E-state index is 0.164. The Morgan fingerprint density at radius 3 is 2.67 bits per heavy atom. The van der Waals surface area contributed by atoms with E-state index in [2.05, 4.69) is 15.1 Å². The third-order valence-electron chi connectivity index (χ3n) is 2.07. The highest BCUT2D eigenvalue weighted by molar-refractivity contribution is 6.06. The Labute approximate surface area is 86.8 Å². The Balaban J connectivity index is 2.37. The monoisotopic (exact) mass is 202 g/mol. The number of aromatic nitrogens is 4. The smallest absolute Gasteiger partial charge is 0.230 e. The van der Waals surface area contributed by atoms with Crippen LogP contribution in [0.2, 0.25) is 0 Å². The highest BCUT2D eigenvalue weighted by Crippen LogP contribution is 2.05. The maximum atomic E-state index is 11.9. The molecule has 0 unspecified atom stereocenters. The molecule has 0 fully saturated rings. The zero-order valence-electron chi connectivity index (χ0n) is 8.51. The van der Waals surface area contributed by atoms with Gasteiger partial charge in [0.15, 0.2) is 0 Å². The van der Waals surface area contributed by atoms with Gasteiger partial charge in [0.05, 0.1) is 11.9 Å². The average molecular weight is 202 g/mol. The van der Waals surface area contributed by atoms with Crippen molar-refractivity contribution in [2.75, 3.05) is 0 Å². The van der Waals surface area contributed by atoms with Gasteiger partial charge in [0, 0.05) is 19.4 Å². The summed E-state index contributed by atoms with van der Waals surface area (Å²) in [4.78, 5) is 19.9. The number of hydrogen-bond donors (Lipinski definition) is 0. The number of ketones is 1. The van der Waals surface area contributed by atoms with Gasteiger partial charge in [-0.15, -0.1) is 0 Å².